The maximum atomic E-state index is 12.9. The van der Waals surface area contributed by atoms with Gasteiger partial charge in [0.1, 0.15) is 0 Å². The molecule has 0 bridgehead atoms. The molecule has 1 heterocycles. The number of rotatable bonds is 5. The zero-order valence-electron chi connectivity index (χ0n) is 16.5. The van der Waals surface area contributed by atoms with Gasteiger partial charge in [0.2, 0.25) is 5.91 Å². The highest BCUT2D eigenvalue weighted by Gasteiger charge is 2.24. The Morgan fingerprint density at radius 2 is 1.76 bits per heavy atom. The van der Waals surface area contributed by atoms with Gasteiger partial charge < -0.3 is 0 Å². The maximum absolute atomic E-state index is 12.9. The van der Waals surface area contributed by atoms with Crippen molar-refractivity contribution in [3.8, 4) is 0 Å². The van der Waals surface area contributed by atoms with Crippen LogP contribution in [-0.2, 0) is 16.6 Å². The topological polar surface area (TPSA) is 33.2 Å². The Morgan fingerprint density at radius 3 is 2.24 bits per heavy atom. The number of carbonyl (C=O) groups excluding carboxylic acids is 1. The minimum atomic E-state index is -0.180. The fourth-order valence-corrected chi connectivity index (χ4v) is 3.73. The molecule has 0 aliphatic carbocycles. The number of aromatic nitrogens is 1. The van der Waals surface area contributed by atoms with Crippen molar-refractivity contribution in [3.05, 3.63) is 46.5 Å². The second kappa shape index (κ2) is 7.69. The molecule has 1 aromatic carbocycles. The van der Waals surface area contributed by atoms with E-state index in [1.165, 1.54) is 16.9 Å². The van der Waals surface area contributed by atoms with Gasteiger partial charge in [-0.1, -0.05) is 58.9 Å². The Kier molecular flexibility index (Phi) is 6.04. The summed E-state index contributed by atoms with van der Waals surface area (Å²) < 4.78 is 0. The lowest BCUT2D eigenvalue weighted by Crippen LogP contribution is -2.30. The van der Waals surface area contributed by atoms with Crippen LogP contribution < -0.4 is 4.90 Å². The number of amides is 1. The second-order valence-electron chi connectivity index (χ2n) is 8.22. The van der Waals surface area contributed by atoms with Crippen molar-refractivity contribution in [1.29, 1.82) is 0 Å². The summed E-state index contributed by atoms with van der Waals surface area (Å²) in [5.74, 6) is 0.532. The lowest BCUT2D eigenvalue weighted by Gasteiger charge is -2.20. The van der Waals surface area contributed by atoms with Gasteiger partial charge in [-0.2, -0.15) is 0 Å². The quantitative estimate of drug-likeness (QED) is 0.716. The van der Waals surface area contributed by atoms with Gasteiger partial charge >= 0.3 is 0 Å². The Bertz CT molecular complexity index is 710. The fraction of sp³-hybridized carbons (Fsp3) is 0.524. The van der Waals surface area contributed by atoms with Gasteiger partial charge in [0, 0.05) is 17.8 Å². The fourth-order valence-electron chi connectivity index (χ4n) is 2.70. The van der Waals surface area contributed by atoms with E-state index < -0.39 is 0 Å². The molecule has 1 amide bonds. The number of thiazole rings is 1. The standard InChI is InChI=1S/C21H30N2OS/c1-14(2)12-16-8-10-17(11-9-16)15(3)19(24)23(7)20-22-18(13-25-20)21(4,5)6/h8-11,13-15H,12H2,1-7H3. The Morgan fingerprint density at radius 1 is 1.16 bits per heavy atom. The number of hydrogen-bond donors (Lipinski definition) is 0. The van der Waals surface area contributed by atoms with Crippen LogP contribution in [0.1, 0.15) is 64.3 Å². The summed E-state index contributed by atoms with van der Waals surface area (Å²) in [6.45, 7) is 12.8. The third kappa shape index (κ3) is 4.91. The molecule has 0 fully saturated rings. The van der Waals surface area contributed by atoms with E-state index in [0.717, 1.165) is 22.8 Å². The molecule has 2 rings (SSSR count). The summed E-state index contributed by atoms with van der Waals surface area (Å²) >= 11 is 1.53. The summed E-state index contributed by atoms with van der Waals surface area (Å²) in [5.41, 5.74) is 3.40. The Labute approximate surface area is 156 Å². The van der Waals surface area contributed by atoms with Crippen molar-refractivity contribution in [2.75, 3.05) is 11.9 Å². The van der Waals surface area contributed by atoms with Crippen molar-refractivity contribution in [1.82, 2.24) is 4.98 Å². The number of benzene rings is 1. The molecule has 0 radical (unpaired) electrons. The van der Waals surface area contributed by atoms with E-state index in [1.54, 1.807) is 4.90 Å². The predicted octanol–water partition coefficient (Wildman–Crippen LogP) is 5.41. The van der Waals surface area contributed by atoms with Crippen LogP contribution in [0.5, 0.6) is 0 Å². The molecule has 1 unspecified atom stereocenters. The van der Waals surface area contributed by atoms with E-state index in [0.29, 0.717) is 5.92 Å². The minimum absolute atomic E-state index is 0.00347. The van der Waals surface area contributed by atoms with Crippen molar-refractivity contribution >= 4 is 22.4 Å². The van der Waals surface area contributed by atoms with Gasteiger partial charge in [0.05, 0.1) is 11.6 Å². The number of hydrogen-bond acceptors (Lipinski definition) is 3. The molecule has 0 saturated heterocycles. The highest BCUT2D eigenvalue weighted by Crippen LogP contribution is 2.30. The van der Waals surface area contributed by atoms with Gasteiger partial charge in [0.15, 0.2) is 5.13 Å². The van der Waals surface area contributed by atoms with Crippen LogP contribution in [0, 0.1) is 5.92 Å². The van der Waals surface area contributed by atoms with E-state index in [4.69, 9.17) is 0 Å². The average molecular weight is 359 g/mol. The molecule has 0 saturated carbocycles. The lowest BCUT2D eigenvalue weighted by atomic mass is 9.93. The van der Waals surface area contributed by atoms with Crippen LogP contribution >= 0.6 is 11.3 Å². The number of likely N-dealkylation sites (N-methyl/N-ethyl adjacent to an activating group) is 1. The minimum Gasteiger partial charge on any atom is -0.291 e. The normalized spacial score (nSPS) is 13.1. The van der Waals surface area contributed by atoms with Gasteiger partial charge in [-0.3, -0.25) is 9.69 Å². The van der Waals surface area contributed by atoms with E-state index in [2.05, 4.69) is 63.9 Å². The third-order valence-electron chi connectivity index (χ3n) is 4.37. The highest BCUT2D eigenvalue weighted by atomic mass is 32.1. The Hall–Kier alpha value is -1.68. The first-order valence-corrected chi connectivity index (χ1v) is 9.80. The molecular formula is C21H30N2OS. The summed E-state index contributed by atoms with van der Waals surface area (Å²) in [4.78, 5) is 19.2. The Balaban J connectivity index is 2.12. The van der Waals surface area contributed by atoms with Crippen molar-refractivity contribution in [2.24, 2.45) is 5.92 Å². The molecule has 1 atom stereocenters. The molecule has 0 N–H and O–H groups in total. The van der Waals surface area contributed by atoms with Crippen molar-refractivity contribution in [2.45, 2.75) is 59.3 Å². The number of nitrogens with zero attached hydrogens (tertiary/aromatic N) is 2. The smallest absolute Gasteiger partial charge is 0.235 e. The third-order valence-corrected chi connectivity index (χ3v) is 5.29. The maximum Gasteiger partial charge on any atom is 0.235 e. The molecule has 0 aliphatic heterocycles. The van der Waals surface area contributed by atoms with Crippen molar-refractivity contribution in [3.63, 3.8) is 0 Å². The summed E-state index contributed by atoms with van der Waals surface area (Å²) in [7, 11) is 1.82. The summed E-state index contributed by atoms with van der Waals surface area (Å²) in [5, 5.41) is 2.81. The van der Waals surface area contributed by atoms with Crippen molar-refractivity contribution < 1.29 is 4.79 Å². The zero-order chi connectivity index (χ0) is 18.8. The molecule has 2 aromatic rings. The SMILES string of the molecule is CC(C)Cc1ccc(C(C)C(=O)N(C)c2nc(C(C)(C)C)cs2)cc1. The zero-order valence-corrected chi connectivity index (χ0v) is 17.3. The molecule has 0 spiro atoms. The summed E-state index contributed by atoms with van der Waals surface area (Å²) in [6.07, 6.45) is 1.07. The van der Waals surface area contributed by atoms with Crippen LogP contribution in [0.4, 0.5) is 5.13 Å². The van der Waals surface area contributed by atoms with E-state index in [9.17, 15) is 4.79 Å². The molecule has 1 aromatic heterocycles. The molecule has 4 heteroatoms. The lowest BCUT2D eigenvalue weighted by molar-refractivity contribution is -0.119. The van der Waals surface area contributed by atoms with Crippen LogP contribution in [0.15, 0.2) is 29.6 Å². The monoisotopic (exact) mass is 358 g/mol. The summed E-state index contributed by atoms with van der Waals surface area (Å²) in [6, 6.07) is 8.44. The largest absolute Gasteiger partial charge is 0.291 e. The van der Waals surface area contributed by atoms with Gasteiger partial charge in [0.25, 0.3) is 0 Å². The number of carbonyl (C=O) groups is 1. The predicted molar refractivity (Wildman–Crippen MR) is 108 cm³/mol. The van der Waals surface area contributed by atoms with Gasteiger partial charge in [-0.25, -0.2) is 4.98 Å². The molecule has 3 nitrogen and oxygen atoms in total. The first-order valence-electron chi connectivity index (χ1n) is 8.92. The first kappa shape index (κ1) is 19.6. The van der Waals surface area contributed by atoms with Gasteiger partial charge in [-0.15, -0.1) is 11.3 Å². The van der Waals surface area contributed by atoms with Crippen LogP contribution in [0.25, 0.3) is 0 Å². The second-order valence-corrected chi connectivity index (χ2v) is 9.06. The van der Waals surface area contributed by atoms with E-state index in [1.807, 2.05) is 19.4 Å². The highest BCUT2D eigenvalue weighted by molar-refractivity contribution is 7.14. The average Bonchev–Trinajstić information content (AvgIpc) is 3.03. The molecular weight excluding hydrogens is 328 g/mol. The van der Waals surface area contributed by atoms with E-state index >= 15 is 0 Å². The van der Waals surface area contributed by atoms with Crippen LogP contribution in [-0.4, -0.2) is 17.9 Å². The van der Waals surface area contributed by atoms with Crippen LogP contribution in [0.3, 0.4) is 0 Å². The van der Waals surface area contributed by atoms with Gasteiger partial charge in [-0.05, 0) is 30.4 Å². The molecule has 0 aliphatic rings. The molecule has 136 valence electrons. The van der Waals surface area contributed by atoms with Crippen LogP contribution in [0.2, 0.25) is 0 Å². The molecule has 25 heavy (non-hydrogen) atoms. The number of anilines is 1. The van der Waals surface area contributed by atoms with E-state index in [-0.39, 0.29) is 17.2 Å². The first-order chi connectivity index (χ1) is 11.6.